The maximum absolute atomic E-state index is 2.37. The van der Waals surface area contributed by atoms with Gasteiger partial charge in [-0.05, 0) is 16.2 Å². The first-order chi connectivity index (χ1) is 8.29. The van der Waals surface area contributed by atoms with E-state index < -0.39 is 0 Å². The summed E-state index contributed by atoms with van der Waals surface area (Å²) >= 11 is 0. The molecule has 0 aliphatic heterocycles. The molecule has 0 saturated carbocycles. The molecule has 0 aliphatic rings. The topological polar surface area (TPSA) is 0 Å². The Bertz CT molecular complexity index is 191. The molecule has 0 fully saturated rings. The molecule has 0 aromatic rings. The fourth-order valence-electron chi connectivity index (χ4n) is 2.34. The smallest absolute Gasteiger partial charge is 0.0736 e. The van der Waals surface area contributed by atoms with E-state index in [4.69, 9.17) is 0 Å². The summed E-state index contributed by atoms with van der Waals surface area (Å²) in [6, 6.07) is 0. The molecule has 0 N–H and O–H groups in total. The minimum Gasteiger partial charge on any atom is -0.0736 e. The van der Waals surface area contributed by atoms with Crippen LogP contribution in [0.3, 0.4) is 0 Å². The Kier molecular flexibility index (Phi) is 7.21. The zero-order chi connectivity index (χ0) is 15.3. The molecule has 0 aromatic heterocycles. The molecule has 0 bridgehead atoms. The van der Waals surface area contributed by atoms with Crippen molar-refractivity contribution in [2.24, 2.45) is 16.2 Å². The van der Waals surface area contributed by atoms with Gasteiger partial charge in [-0.15, -0.1) is 0 Å². The van der Waals surface area contributed by atoms with Crippen LogP contribution in [0.4, 0.5) is 0 Å². The van der Waals surface area contributed by atoms with Gasteiger partial charge in [0.25, 0.3) is 0 Å². The molecular weight excluding hydrogens is 227 g/mol. The second-order valence-electron chi connectivity index (χ2n) is 10.2. The predicted octanol–water partition coefficient (Wildman–Crippen LogP) is 6.79. The fraction of sp³-hybridized carbons (Fsp3) is 1.00. The molecule has 0 atom stereocenters. The molecule has 0 nitrogen and oxygen atoms in total. The lowest BCUT2D eigenvalue weighted by atomic mass is 9.39. The minimum atomic E-state index is 0.488. The first-order valence-corrected chi connectivity index (χ1v) is 8.29. The quantitative estimate of drug-likeness (QED) is 0.464. The van der Waals surface area contributed by atoms with Gasteiger partial charge in [0.2, 0.25) is 0 Å². The highest BCUT2D eigenvalue weighted by Gasteiger charge is 2.22. The third kappa shape index (κ3) is 14.3. The Morgan fingerprint density at radius 3 is 0.842 bits per heavy atom. The first kappa shape index (κ1) is 19.1. The largest absolute Gasteiger partial charge is 0.139 e. The van der Waals surface area contributed by atoms with Crippen LogP contribution in [0.2, 0.25) is 19.0 Å². The zero-order valence-electron chi connectivity index (χ0n) is 15.3. The van der Waals surface area contributed by atoms with Crippen LogP contribution in [-0.4, -0.2) is 6.71 Å². The van der Waals surface area contributed by atoms with E-state index in [9.17, 15) is 0 Å². The summed E-state index contributed by atoms with van der Waals surface area (Å²) in [6.07, 6.45) is 8.34. The van der Waals surface area contributed by atoms with Crippen LogP contribution < -0.4 is 0 Å². The highest BCUT2D eigenvalue weighted by molar-refractivity contribution is 6.58. The van der Waals surface area contributed by atoms with Gasteiger partial charge in [0.1, 0.15) is 6.71 Å². The third-order valence-corrected chi connectivity index (χ3v) is 3.91. The van der Waals surface area contributed by atoms with Crippen molar-refractivity contribution in [1.82, 2.24) is 0 Å². The lowest BCUT2D eigenvalue weighted by molar-refractivity contribution is 0.380. The summed E-state index contributed by atoms with van der Waals surface area (Å²) in [5, 5.41) is 0. The third-order valence-electron chi connectivity index (χ3n) is 3.91. The predicted molar refractivity (Wildman–Crippen MR) is 92.4 cm³/mol. The van der Waals surface area contributed by atoms with Crippen molar-refractivity contribution in [1.29, 1.82) is 0 Å². The van der Waals surface area contributed by atoms with Gasteiger partial charge < -0.3 is 0 Å². The van der Waals surface area contributed by atoms with Crippen molar-refractivity contribution < 1.29 is 0 Å². The van der Waals surface area contributed by atoms with Crippen molar-refractivity contribution in [3.8, 4) is 0 Å². The van der Waals surface area contributed by atoms with E-state index in [1.165, 1.54) is 38.2 Å². The molecule has 0 rings (SSSR count). The standard InChI is InChI=1S/C18H39B/c1-16(2,3)10-13-19(14-11-17(4,5)6)15-12-18(7,8)9/h10-15H2,1-9H3. The van der Waals surface area contributed by atoms with Crippen LogP contribution >= 0.6 is 0 Å². The molecule has 19 heavy (non-hydrogen) atoms. The molecule has 0 heterocycles. The number of rotatable bonds is 6. The Morgan fingerprint density at radius 1 is 0.474 bits per heavy atom. The molecule has 1 heteroatoms. The summed E-state index contributed by atoms with van der Waals surface area (Å²) in [4.78, 5) is 0. The van der Waals surface area contributed by atoms with Gasteiger partial charge in [-0.25, -0.2) is 0 Å². The zero-order valence-corrected chi connectivity index (χ0v) is 15.3. The molecular formula is C18H39B. The van der Waals surface area contributed by atoms with Gasteiger partial charge in [-0.2, -0.15) is 0 Å². The molecule has 0 amide bonds. The van der Waals surface area contributed by atoms with E-state index in [-0.39, 0.29) is 0 Å². The van der Waals surface area contributed by atoms with Gasteiger partial charge in [0.15, 0.2) is 0 Å². The van der Waals surface area contributed by atoms with E-state index in [1.807, 2.05) is 0 Å². The Labute approximate surface area is 124 Å². The molecule has 0 radical (unpaired) electrons. The molecule has 0 saturated heterocycles. The SMILES string of the molecule is CC(C)(C)CCB(CCC(C)(C)C)CCC(C)(C)C. The Hall–Kier alpha value is 0.0649. The van der Waals surface area contributed by atoms with Crippen molar-refractivity contribution in [2.45, 2.75) is 101 Å². The monoisotopic (exact) mass is 266 g/mol. The molecule has 0 aliphatic carbocycles. The minimum absolute atomic E-state index is 0.488. The van der Waals surface area contributed by atoms with Crippen molar-refractivity contribution in [3.05, 3.63) is 0 Å². The van der Waals surface area contributed by atoms with E-state index in [2.05, 4.69) is 62.3 Å². The van der Waals surface area contributed by atoms with E-state index >= 15 is 0 Å². The van der Waals surface area contributed by atoms with Crippen LogP contribution in [0.15, 0.2) is 0 Å². The van der Waals surface area contributed by atoms with Crippen molar-refractivity contribution in [2.75, 3.05) is 0 Å². The van der Waals surface area contributed by atoms with Crippen LogP contribution in [0.25, 0.3) is 0 Å². The van der Waals surface area contributed by atoms with Gasteiger partial charge in [0.05, 0.1) is 0 Å². The van der Waals surface area contributed by atoms with E-state index in [0.29, 0.717) is 16.2 Å². The van der Waals surface area contributed by atoms with Gasteiger partial charge in [-0.1, -0.05) is 101 Å². The highest BCUT2D eigenvalue weighted by Crippen LogP contribution is 2.31. The maximum Gasteiger partial charge on any atom is 0.139 e. The van der Waals surface area contributed by atoms with E-state index in [1.54, 1.807) is 0 Å². The summed E-state index contributed by atoms with van der Waals surface area (Å²) in [6.45, 7) is 22.3. The van der Waals surface area contributed by atoms with Gasteiger partial charge in [-0.3, -0.25) is 0 Å². The average Bonchev–Trinajstić information content (AvgIpc) is 2.11. The van der Waals surface area contributed by atoms with Gasteiger partial charge >= 0.3 is 0 Å². The summed E-state index contributed by atoms with van der Waals surface area (Å²) in [7, 11) is 0. The molecule has 0 spiro atoms. The number of hydrogen-bond donors (Lipinski definition) is 0. The average molecular weight is 266 g/mol. The summed E-state index contributed by atoms with van der Waals surface area (Å²) in [5.41, 5.74) is 1.46. The van der Waals surface area contributed by atoms with Crippen LogP contribution in [0.5, 0.6) is 0 Å². The fourth-order valence-corrected chi connectivity index (χ4v) is 2.34. The molecule has 0 unspecified atom stereocenters. The maximum atomic E-state index is 2.37. The number of hydrogen-bond acceptors (Lipinski definition) is 0. The second-order valence-corrected chi connectivity index (χ2v) is 10.2. The lowest BCUT2D eigenvalue weighted by Crippen LogP contribution is -2.21. The Balaban J connectivity index is 4.30. The second kappa shape index (κ2) is 7.18. The highest BCUT2D eigenvalue weighted by atomic mass is 14.2. The molecule has 114 valence electrons. The van der Waals surface area contributed by atoms with E-state index in [0.717, 1.165) is 6.71 Å². The van der Waals surface area contributed by atoms with Gasteiger partial charge in [0, 0.05) is 0 Å². The summed E-state index contributed by atoms with van der Waals surface area (Å²) < 4.78 is 0. The van der Waals surface area contributed by atoms with Crippen molar-refractivity contribution in [3.63, 3.8) is 0 Å². The lowest BCUT2D eigenvalue weighted by Gasteiger charge is -2.26. The molecule has 0 aromatic carbocycles. The van der Waals surface area contributed by atoms with Crippen LogP contribution in [0, 0.1) is 16.2 Å². The normalized spacial score (nSPS) is 13.7. The summed E-state index contributed by atoms with van der Waals surface area (Å²) in [5.74, 6) is 0. The first-order valence-electron chi connectivity index (χ1n) is 8.29. The van der Waals surface area contributed by atoms with Crippen molar-refractivity contribution >= 4 is 6.71 Å². The Morgan fingerprint density at radius 2 is 0.684 bits per heavy atom. The van der Waals surface area contributed by atoms with Crippen LogP contribution in [0.1, 0.15) is 81.6 Å². The van der Waals surface area contributed by atoms with Crippen LogP contribution in [-0.2, 0) is 0 Å².